The van der Waals surface area contributed by atoms with Crippen LogP contribution in [0.4, 0.5) is 0 Å². The third kappa shape index (κ3) is 3.36. The highest BCUT2D eigenvalue weighted by molar-refractivity contribution is 5.55. The van der Waals surface area contributed by atoms with Gasteiger partial charge in [0.2, 0.25) is 0 Å². The molecule has 0 amide bonds. The summed E-state index contributed by atoms with van der Waals surface area (Å²) in [5, 5.41) is 8.10. The topological polar surface area (TPSA) is 66.1 Å². The Hall–Kier alpha value is -2.64. The Kier molecular flexibility index (Phi) is 4.39. The molecule has 0 spiro atoms. The van der Waals surface area contributed by atoms with E-state index in [9.17, 15) is 0 Å². The van der Waals surface area contributed by atoms with Crippen LogP contribution in [0.15, 0.2) is 42.7 Å². The third-order valence-electron chi connectivity index (χ3n) is 5.11. The van der Waals surface area contributed by atoms with Crippen LogP contribution < -0.4 is 10.1 Å². The molecule has 3 aromatic rings. The van der Waals surface area contributed by atoms with E-state index in [1.807, 2.05) is 36.7 Å². The Morgan fingerprint density at radius 1 is 1.26 bits per heavy atom. The first kappa shape index (κ1) is 16.5. The van der Waals surface area contributed by atoms with Gasteiger partial charge in [-0.3, -0.25) is 9.25 Å². The Bertz CT molecular complexity index is 885. The zero-order chi connectivity index (χ0) is 18.1. The molecule has 1 atom stereocenters. The van der Waals surface area contributed by atoms with E-state index >= 15 is 0 Å². The van der Waals surface area contributed by atoms with Gasteiger partial charge in [0.25, 0.3) is 0 Å². The Morgan fingerprint density at radius 2 is 2.19 bits per heavy atom. The molecule has 5 rings (SSSR count). The van der Waals surface area contributed by atoms with Gasteiger partial charge in [-0.05, 0) is 43.2 Å². The maximum atomic E-state index is 5.86. The van der Waals surface area contributed by atoms with Gasteiger partial charge < -0.3 is 14.8 Å². The summed E-state index contributed by atoms with van der Waals surface area (Å²) >= 11 is 0. The maximum Gasteiger partial charge on any atom is 0.165 e. The number of imidazole rings is 1. The first-order valence-electron chi connectivity index (χ1n) is 9.53. The van der Waals surface area contributed by atoms with Crippen molar-refractivity contribution in [1.29, 1.82) is 0 Å². The molecule has 140 valence electrons. The summed E-state index contributed by atoms with van der Waals surface area (Å²) < 4.78 is 15.6. The maximum absolute atomic E-state index is 5.86. The van der Waals surface area contributed by atoms with E-state index in [0.717, 1.165) is 62.0 Å². The van der Waals surface area contributed by atoms with Gasteiger partial charge in [0, 0.05) is 37.8 Å². The molecule has 1 unspecified atom stereocenters. The van der Waals surface area contributed by atoms with Crippen molar-refractivity contribution in [1.82, 2.24) is 24.6 Å². The normalized spacial score (nSPS) is 19.2. The van der Waals surface area contributed by atoms with Gasteiger partial charge in [-0.1, -0.05) is 0 Å². The highest BCUT2D eigenvalue weighted by atomic mass is 16.5. The molecule has 7 nitrogen and oxygen atoms in total. The minimum atomic E-state index is 0.228. The summed E-state index contributed by atoms with van der Waals surface area (Å²) in [6.45, 7) is 4.17. The fraction of sp³-hybridized carbons (Fsp3) is 0.400. The zero-order valence-electron chi connectivity index (χ0n) is 15.2. The lowest BCUT2D eigenvalue weighted by Crippen LogP contribution is -2.28. The summed E-state index contributed by atoms with van der Waals surface area (Å²) in [6, 6.07) is 10.2. The zero-order valence-corrected chi connectivity index (χ0v) is 15.2. The van der Waals surface area contributed by atoms with Crippen LogP contribution in [0.2, 0.25) is 0 Å². The van der Waals surface area contributed by atoms with E-state index in [0.29, 0.717) is 6.61 Å². The molecule has 1 saturated heterocycles. The summed E-state index contributed by atoms with van der Waals surface area (Å²) in [5.41, 5.74) is 3.14. The lowest BCUT2D eigenvalue weighted by molar-refractivity contribution is 0.0679. The Labute approximate surface area is 157 Å². The number of ether oxygens (including phenoxy) is 2. The molecule has 0 bridgehead atoms. The second-order valence-electron chi connectivity index (χ2n) is 6.98. The van der Waals surface area contributed by atoms with Gasteiger partial charge in [-0.25, -0.2) is 4.98 Å². The van der Waals surface area contributed by atoms with Gasteiger partial charge in [0.1, 0.15) is 18.1 Å². The van der Waals surface area contributed by atoms with Crippen LogP contribution >= 0.6 is 0 Å². The minimum Gasteiger partial charge on any atom is -0.491 e. The van der Waals surface area contributed by atoms with Gasteiger partial charge in [-0.2, -0.15) is 5.10 Å². The average Bonchev–Trinajstić information content (AvgIpc) is 3.46. The van der Waals surface area contributed by atoms with Crippen LogP contribution in [-0.2, 0) is 17.8 Å². The number of benzene rings is 1. The molecule has 2 aromatic heterocycles. The number of rotatable bonds is 5. The summed E-state index contributed by atoms with van der Waals surface area (Å²) in [5.74, 6) is 1.71. The monoisotopic (exact) mass is 365 g/mol. The molecule has 1 N–H and O–H groups in total. The molecule has 2 aliphatic heterocycles. The number of nitrogens with zero attached hydrogens (tertiary/aromatic N) is 4. The van der Waals surface area contributed by atoms with Crippen LogP contribution in [-0.4, -0.2) is 45.2 Å². The van der Waals surface area contributed by atoms with Crippen LogP contribution in [0, 0.1) is 0 Å². The smallest absolute Gasteiger partial charge is 0.165 e. The quantitative estimate of drug-likeness (QED) is 0.752. The van der Waals surface area contributed by atoms with Gasteiger partial charge in [0.05, 0.1) is 18.3 Å². The highest BCUT2D eigenvalue weighted by Gasteiger charge is 2.17. The summed E-state index contributed by atoms with van der Waals surface area (Å²) in [6.07, 6.45) is 6.22. The van der Waals surface area contributed by atoms with Crippen molar-refractivity contribution in [3.8, 4) is 23.0 Å². The molecule has 2 aliphatic rings. The van der Waals surface area contributed by atoms with Gasteiger partial charge in [0.15, 0.2) is 5.82 Å². The predicted molar refractivity (Wildman–Crippen MR) is 101 cm³/mol. The number of nitrogens with one attached hydrogen (secondary N) is 1. The Morgan fingerprint density at radius 3 is 3.00 bits per heavy atom. The molecule has 1 fully saturated rings. The first-order valence-corrected chi connectivity index (χ1v) is 9.53. The van der Waals surface area contributed by atoms with Crippen molar-refractivity contribution in [2.45, 2.75) is 32.0 Å². The van der Waals surface area contributed by atoms with Crippen molar-refractivity contribution < 1.29 is 9.47 Å². The van der Waals surface area contributed by atoms with E-state index in [1.54, 1.807) is 0 Å². The van der Waals surface area contributed by atoms with Crippen molar-refractivity contribution >= 4 is 0 Å². The highest BCUT2D eigenvalue weighted by Crippen LogP contribution is 2.24. The largest absolute Gasteiger partial charge is 0.491 e. The summed E-state index contributed by atoms with van der Waals surface area (Å²) in [4.78, 5) is 4.54. The molecule has 0 aliphatic carbocycles. The van der Waals surface area contributed by atoms with Crippen molar-refractivity contribution in [2.24, 2.45) is 0 Å². The molecule has 7 heteroatoms. The minimum absolute atomic E-state index is 0.228. The third-order valence-corrected chi connectivity index (χ3v) is 5.11. The van der Waals surface area contributed by atoms with Gasteiger partial charge in [-0.15, -0.1) is 0 Å². The molecule has 1 aromatic carbocycles. The van der Waals surface area contributed by atoms with Crippen molar-refractivity contribution in [3.63, 3.8) is 0 Å². The van der Waals surface area contributed by atoms with E-state index in [-0.39, 0.29) is 6.10 Å². The second kappa shape index (κ2) is 7.17. The molecular weight excluding hydrogens is 342 g/mol. The standard InChI is InChI=1S/C20H23N5O2/c1-2-18(26-11-1)14-27-17-5-3-15(4-6-17)24-9-8-22-20(24)19-12-16-13-21-7-10-25(16)23-19/h3-6,8-9,12,18,21H,1-2,7,10-11,13-14H2. The van der Waals surface area contributed by atoms with Gasteiger partial charge >= 0.3 is 0 Å². The number of aromatic nitrogens is 4. The van der Waals surface area contributed by atoms with Crippen molar-refractivity contribution in [3.05, 3.63) is 48.4 Å². The van der Waals surface area contributed by atoms with Crippen molar-refractivity contribution in [2.75, 3.05) is 19.8 Å². The predicted octanol–water partition coefficient (Wildman–Crippen LogP) is 2.40. The number of hydrogen-bond acceptors (Lipinski definition) is 5. The average molecular weight is 365 g/mol. The number of hydrogen-bond donors (Lipinski definition) is 1. The molecular formula is C20H23N5O2. The van der Waals surface area contributed by atoms with Crippen LogP contribution in [0.5, 0.6) is 5.75 Å². The van der Waals surface area contributed by atoms with Crippen LogP contribution in [0.1, 0.15) is 18.5 Å². The van der Waals surface area contributed by atoms with Crippen LogP contribution in [0.25, 0.3) is 17.2 Å². The lowest BCUT2D eigenvalue weighted by atomic mass is 10.2. The lowest BCUT2D eigenvalue weighted by Gasteiger charge is -2.13. The Balaban J connectivity index is 1.34. The molecule has 0 saturated carbocycles. The fourth-order valence-corrected chi connectivity index (χ4v) is 3.67. The SMILES string of the molecule is c1cn(-c2ccc(OCC3CCCO3)cc2)c(-c2cc3n(n2)CCNC3)n1. The van der Waals surface area contributed by atoms with Crippen LogP contribution in [0.3, 0.4) is 0 Å². The van der Waals surface area contributed by atoms with E-state index in [2.05, 4.69) is 25.6 Å². The van der Waals surface area contributed by atoms with E-state index < -0.39 is 0 Å². The summed E-state index contributed by atoms with van der Waals surface area (Å²) in [7, 11) is 0. The first-order chi connectivity index (χ1) is 13.4. The molecule has 4 heterocycles. The van der Waals surface area contributed by atoms with E-state index in [4.69, 9.17) is 14.6 Å². The second-order valence-corrected chi connectivity index (χ2v) is 6.98. The fourth-order valence-electron chi connectivity index (χ4n) is 3.67. The number of fused-ring (bicyclic) bond motifs is 1. The molecule has 27 heavy (non-hydrogen) atoms. The molecule has 0 radical (unpaired) electrons. The van der Waals surface area contributed by atoms with E-state index in [1.165, 1.54) is 5.69 Å².